The maximum atomic E-state index is 12.7. The van der Waals surface area contributed by atoms with E-state index in [4.69, 9.17) is 16.3 Å². The third kappa shape index (κ3) is 6.53. The van der Waals surface area contributed by atoms with E-state index >= 15 is 0 Å². The van der Waals surface area contributed by atoms with Crippen molar-refractivity contribution in [1.29, 1.82) is 0 Å². The summed E-state index contributed by atoms with van der Waals surface area (Å²) < 4.78 is 5.41. The van der Waals surface area contributed by atoms with Crippen LogP contribution in [0.1, 0.15) is 29.5 Å². The van der Waals surface area contributed by atoms with Crippen molar-refractivity contribution < 1.29 is 9.53 Å². The van der Waals surface area contributed by atoms with Crippen LogP contribution >= 0.6 is 11.6 Å². The zero-order chi connectivity index (χ0) is 21.5. The minimum atomic E-state index is 0.100. The van der Waals surface area contributed by atoms with E-state index in [-0.39, 0.29) is 11.8 Å². The van der Waals surface area contributed by atoms with E-state index in [0.29, 0.717) is 6.54 Å². The summed E-state index contributed by atoms with van der Waals surface area (Å²) in [5.74, 6) is 0.276. The van der Waals surface area contributed by atoms with Gasteiger partial charge in [-0.1, -0.05) is 54.1 Å². The van der Waals surface area contributed by atoms with Gasteiger partial charge in [-0.15, -0.1) is 0 Å². The second-order valence-corrected chi connectivity index (χ2v) is 8.97. The highest BCUT2D eigenvalue weighted by molar-refractivity contribution is 6.31. The number of piperidine rings is 1. The number of likely N-dealkylation sites (tertiary alicyclic amines) is 1. The van der Waals surface area contributed by atoms with Crippen LogP contribution in [0.25, 0.3) is 0 Å². The number of morpholine rings is 1. The lowest BCUT2D eigenvalue weighted by molar-refractivity contribution is -0.126. The quantitative estimate of drug-likeness (QED) is 0.711. The molecule has 5 nitrogen and oxygen atoms in total. The summed E-state index contributed by atoms with van der Waals surface area (Å²) in [6, 6.07) is 16.6. The summed E-state index contributed by atoms with van der Waals surface area (Å²) in [6.07, 6.45) is 1.80. The van der Waals surface area contributed by atoms with Gasteiger partial charge >= 0.3 is 0 Å². The SMILES string of the molecule is O=C(NCc1ccc(CN2CCOCC2)cc1)C1CCN(Cc2ccccc2Cl)CC1. The molecule has 1 N–H and O–H groups in total. The van der Waals surface area contributed by atoms with Crippen LogP contribution in [0.5, 0.6) is 0 Å². The molecule has 0 radical (unpaired) electrons. The van der Waals surface area contributed by atoms with Crippen molar-refractivity contribution in [3.05, 3.63) is 70.2 Å². The van der Waals surface area contributed by atoms with Gasteiger partial charge in [-0.2, -0.15) is 0 Å². The number of carbonyl (C=O) groups is 1. The van der Waals surface area contributed by atoms with Crippen LogP contribution < -0.4 is 5.32 Å². The molecule has 2 heterocycles. The van der Waals surface area contributed by atoms with Gasteiger partial charge in [-0.05, 0) is 48.7 Å². The maximum Gasteiger partial charge on any atom is 0.223 e. The molecule has 2 aromatic rings. The Bertz CT molecular complexity index is 844. The molecular formula is C25H32ClN3O2. The second kappa shape index (κ2) is 11.1. The maximum absolute atomic E-state index is 12.7. The van der Waals surface area contributed by atoms with E-state index in [0.717, 1.165) is 81.5 Å². The molecular weight excluding hydrogens is 410 g/mol. The fourth-order valence-electron chi connectivity index (χ4n) is 4.33. The van der Waals surface area contributed by atoms with Gasteiger partial charge in [0.1, 0.15) is 0 Å². The molecule has 2 aliphatic rings. The minimum Gasteiger partial charge on any atom is -0.379 e. The fourth-order valence-corrected chi connectivity index (χ4v) is 4.53. The van der Waals surface area contributed by atoms with Crippen molar-refractivity contribution >= 4 is 17.5 Å². The van der Waals surface area contributed by atoms with E-state index < -0.39 is 0 Å². The Kier molecular flexibility index (Phi) is 7.97. The Balaban J connectivity index is 1.18. The first-order valence-corrected chi connectivity index (χ1v) is 11.7. The summed E-state index contributed by atoms with van der Waals surface area (Å²) in [6.45, 7) is 7.90. The molecule has 0 unspecified atom stereocenters. The lowest BCUT2D eigenvalue weighted by Gasteiger charge is -2.31. The van der Waals surface area contributed by atoms with Crippen LogP contribution in [-0.2, 0) is 29.2 Å². The van der Waals surface area contributed by atoms with E-state index in [1.165, 1.54) is 5.56 Å². The van der Waals surface area contributed by atoms with Crippen molar-refractivity contribution in [2.24, 2.45) is 5.92 Å². The Morgan fingerprint density at radius 2 is 1.55 bits per heavy atom. The Morgan fingerprint density at radius 3 is 2.26 bits per heavy atom. The lowest BCUT2D eigenvalue weighted by atomic mass is 9.95. The summed E-state index contributed by atoms with van der Waals surface area (Å²) in [5.41, 5.74) is 3.61. The molecule has 2 saturated heterocycles. The molecule has 6 heteroatoms. The Morgan fingerprint density at radius 1 is 0.903 bits per heavy atom. The molecule has 2 aromatic carbocycles. The summed E-state index contributed by atoms with van der Waals surface area (Å²) >= 11 is 6.28. The summed E-state index contributed by atoms with van der Waals surface area (Å²) in [5, 5.41) is 3.96. The average Bonchev–Trinajstić information content (AvgIpc) is 2.81. The molecule has 31 heavy (non-hydrogen) atoms. The van der Waals surface area contributed by atoms with Gasteiger partial charge < -0.3 is 10.1 Å². The van der Waals surface area contributed by atoms with Crippen LogP contribution in [0.2, 0.25) is 5.02 Å². The monoisotopic (exact) mass is 441 g/mol. The van der Waals surface area contributed by atoms with Crippen molar-refractivity contribution in [1.82, 2.24) is 15.1 Å². The Hall–Kier alpha value is -1.92. The first-order valence-electron chi connectivity index (χ1n) is 11.3. The van der Waals surface area contributed by atoms with Crippen molar-refractivity contribution in [3.63, 3.8) is 0 Å². The highest BCUT2D eigenvalue weighted by Gasteiger charge is 2.25. The smallest absolute Gasteiger partial charge is 0.223 e. The normalized spacial score (nSPS) is 18.7. The van der Waals surface area contributed by atoms with Gasteiger partial charge in [-0.25, -0.2) is 0 Å². The molecule has 2 fully saturated rings. The van der Waals surface area contributed by atoms with E-state index in [1.54, 1.807) is 0 Å². The number of ether oxygens (including phenoxy) is 1. The molecule has 0 aromatic heterocycles. The predicted molar refractivity (Wildman–Crippen MR) is 124 cm³/mol. The van der Waals surface area contributed by atoms with Crippen molar-refractivity contribution in [2.75, 3.05) is 39.4 Å². The van der Waals surface area contributed by atoms with Gasteiger partial charge in [0.15, 0.2) is 0 Å². The third-order valence-electron chi connectivity index (χ3n) is 6.31. The summed E-state index contributed by atoms with van der Waals surface area (Å²) in [7, 11) is 0. The van der Waals surface area contributed by atoms with Gasteiger partial charge in [0.2, 0.25) is 5.91 Å². The molecule has 4 rings (SSSR count). The second-order valence-electron chi connectivity index (χ2n) is 8.56. The van der Waals surface area contributed by atoms with Gasteiger partial charge in [-0.3, -0.25) is 14.6 Å². The van der Waals surface area contributed by atoms with Crippen LogP contribution in [0.3, 0.4) is 0 Å². The molecule has 1 amide bonds. The predicted octanol–water partition coefficient (Wildman–Crippen LogP) is 3.70. The standard InChI is InChI=1S/C25H32ClN3O2/c26-24-4-2-1-3-23(24)19-28-11-9-22(10-12-28)25(30)27-17-20-5-7-21(8-6-20)18-29-13-15-31-16-14-29/h1-8,22H,9-19H2,(H,27,30). The van der Waals surface area contributed by atoms with Crippen LogP contribution in [0, 0.1) is 5.92 Å². The molecule has 0 saturated carbocycles. The molecule has 166 valence electrons. The first kappa shape index (κ1) is 22.3. The third-order valence-corrected chi connectivity index (χ3v) is 6.68. The largest absolute Gasteiger partial charge is 0.379 e. The number of rotatable bonds is 7. The van der Waals surface area contributed by atoms with E-state index in [2.05, 4.69) is 45.4 Å². The average molecular weight is 442 g/mol. The zero-order valence-electron chi connectivity index (χ0n) is 18.1. The molecule has 0 aliphatic carbocycles. The number of carbonyl (C=O) groups excluding carboxylic acids is 1. The number of amides is 1. The van der Waals surface area contributed by atoms with Gasteiger partial charge in [0.25, 0.3) is 0 Å². The van der Waals surface area contributed by atoms with Crippen molar-refractivity contribution in [3.8, 4) is 0 Å². The number of hydrogen-bond donors (Lipinski definition) is 1. The van der Waals surface area contributed by atoms with Gasteiger partial charge in [0, 0.05) is 43.7 Å². The number of benzene rings is 2. The topological polar surface area (TPSA) is 44.8 Å². The van der Waals surface area contributed by atoms with E-state index in [9.17, 15) is 4.79 Å². The number of hydrogen-bond acceptors (Lipinski definition) is 4. The minimum absolute atomic E-state index is 0.100. The summed E-state index contributed by atoms with van der Waals surface area (Å²) in [4.78, 5) is 17.5. The van der Waals surface area contributed by atoms with Crippen LogP contribution in [-0.4, -0.2) is 55.1 Å². The molecule has 0 spiro atoms. The number of halogens is 1. The fraction of sp³-hybridized carbons (Fsp3) is 0.480. The first-order chi connectivity index (χ1) is 15.2. The Labute approximate surface area is 190 Å². The van der Waals surface area contributed by atoms with Crippen LogP contribution in [0.4, 0.5) is 0 Å². The highest BCUT2D eigenvalue weighted by Crippen LogP contribution is 2.22. The van der Waals surface area contributed by atoms with Crippen molar-refractivity contribution in [2.45, 2.75) is 32.5 Å². The molecule has 0 atom stereocenters. The lowest BCUT2D eigenvalue weighted by Crippen LogP contribution is -2.40. The molecule has 2 aliphatic heterocycles. The zero-order valence-corrected chi connectivity index (χ0v) is 18.8. The number of nitrogens with one attached hydrogen (secondary N) is 1. The van der Waals surface area contributed by atoms with E-state index in [1.807, 2.05) is 18.2 Å². The highest BCUT2D eigenvalue weighted by atomic mass is 35.5. The van der Waals surface area contributed by atoms with Gasteiger partial charge in [0.05, 0.1) is 13.2 Å². The molecule has 0 bridgehead atoms. The van der Waals surface area contributed by atoms with Crippen LogP contribution in [0.15, 0.2) is 48.5 Å². The number of nitrogens with zero attached hydrogens (tertiary/aromatic N) is 2.